The Morgan fingerprint density at radius 1 is 1.39 bits per heavy atom. The highest BCUT2D eigenvalue weighted by molar-refractivity contribution is 6.00. The molecule has 0 radical (unpaired) electrons. The Morgan fingerprint density at radius 3 is 2.57 bits per heavy atom. The Labute approximate surface area is 136 Å². The lowest BCUT2D eigenvalue weighted by molar-refractivity contribution is -0.384. The van der Waals surface area contributed by atoms with E-state index in [9.17, 15) is 20.0 Å². The van der Waals surface area contributed by atoms with Gasteiger partial charge in [-0.2, -0.15) is 0 Å². The number of benzene rings is 1. The number of non-ortho nitro benzene ring substituents is 1. The van der Waals surface area contributed by atoms with Gasteiger partial charge in [-0.3, -0.25) is 14.9 Å². The number of hydrogen-bond donors (Lipinski definition) is 2. The number of amides is 1. The van der Waals surface area contributed by atoms with Crippen molar-refractivity contribution in [1.29, 1.82) is 0 Å². The minimum Gasteiger partial charge on any atom is -0.396 e. The SMILES string of the molecule is CN(C)c1ccc([N+](=O)[O-])cc1C(=O)NCCCC(C)(C)CO. The van der Waals surface area contributed by atoms with E-state index in [1.54, 1.807) is 25.1 Å². The maximum atomic E-state index is 12.3. The van der Waals surface area contributed by atoms with Crippen LogP contribution in [0.15, 0.2) is 18.2 Å². The van der Waals surface area contributed by atoms with E-state index in [1.165, 1.54) is 12.1 Å². The smallest absolute Gasteiger partial charge is 0.270 e. The molecule has 0 aliphatic rings. The van der Waals surface area contributed by atoms with E-state index >= 15 is 0 Å². The number of nitrogens with one attached hydrogen (secondary N) is 1. The lowest BCUT2D eigenvalue weighted by atomic mass is 9.89. The molecule has 2 N–H and O–H groups in total. The largest absolute Gasteiger partial charge is 0.396 e. The molecular formula is C16H25N3O4. The average molecular weight is 323 g/mol. The molecule has 0 aliphatic heterocycles. The number of anilines is 1. The lowest BCUT2D eigenvalue weighted by Crippen LogP contribution is -2.28. The van der Waals surface area contributed by atoms with E-state index in [2.05, 4.69) is 5.32 Å². The van der Waals surface area contributed by atoms with Crippen LogP contribution >= 0.6 is 0 Å². The van der Waals surface area contributed by atoms with Crippen molar-refractivity contribution >= 4 is 17.3 Å². The summed E-state index contributed by atoms with van der Waals surface area (Å²) >= 11 is 0. The van der Waals surface area contributed by atoms with Crippen molar-refractivity contribution < 1.29 is 14.8 Å². The molecule has 0 saturated carbocycles. The summed E-state index contributed by atoms with van der Waals surface area (Å²) in [6, 6.07) is 4.25. The van der Waals surface area contributed by atoms with E-state index in [0.29, 0.717) is 12.2 Å². The summed E-state index contributed by atoms with van der Waals surface area (Å²) in [6.45, 7) is 4.47. The van der Waals surface area contributed by atoms with Crippen LogP contribution in [-0.4, -0.2) is 43.2 Å². The van der Waals surface area contributed by atoms with E-state index < -0.39 is 4.92 Å². The Kier molecular flexibility index (Phi) is 6.50. The first-order valence-electron chi connectivity index (χ1n) is 7.53. The van der Waals surface area contributed by atoms with Crippen LogP contribution in [0.25, 0.3) is 0 Å². The maximum absolute atomic E-state index is 12.3. The molecule has 0 bridgehead atoms. The monoisotopic (exact) mass is 323 g/mol. The van der Waals surface area contributed by atoms with Gasteiger partial charge in [-0.1, -0.05) is 13.8 Å². The van der Waals surface area contributed by atoms with Gasteiger partial charge in [-0.15, -0.1) is 0 Å². The van der Waals surface area contributed by atoms with Crippen molar-refractivity contribution in [1.82, 2.24) is 5.32 Å². The molecule has 7 nitrogen and oxygen atoms in total. The number of carbonyl (C=O) groups excluding carboxylic acids is 1. The first-order chi connectivity index (χ1) is 10.7. The summed E-state index contributed by atoms with van der Waals surface area (Å²) in [6.07, 6.45) is 1.50. The number of nitrogens with zero attached hydrogens (tertiary/aromatic N) is 2. The first-order valence-corrected chi connectivity index (χ1v) is 7.53. The molecule has 1 amide bonds. The van der Waals surface area contributed by atoms with Crippen molar-refractivity contribution in [3.8, 4) is 0 Å². The lowest BCUT2D eigenvalue weighted by Gasteiger charge is -2.21. The molecule has 0 fully saturated rings. The normalized spacial score (nSPS) is 11.2. The number of aliphatic hydroxyl groups excluding tert-OH is 1. The summed E-state index contributed by atoms with van der Waals surface area (Å²) in [5, 5.41) is 22.9. The average Bonchev–Trinajstić information content (AvgIpc) is 2.50. The highest BCUT2D eigenvalue weighted by Gasteiger charge is 2.19. The Hall–Kier alpha value is -2.15. The van der Waals surface area contributed by atoms with Crippen molar-refractivity contribution in [2.24, 2.45) is 5.41 Å². The van der Waals surface area contributed by atoms with E-state index in [4.69, 9.17) is 0 Å². The number of hydrogen-bond acceptors (Lipinski definition) is 5. The molecule has 0 spiro atoms. The van der Waals surface area contributed by atoms with Crippen LogP contribution in [0.5, 0.6) is 0 Å². The quantitative estimate of drug-likeness (QED) is 0.434. The van der Waals surface area contributed by atoms with Crippen molar-refractivity contribution in [2.75, 3.05) is 32.1 Å². The fraction of sp³-hybridized carbons (Fsp3) is 0.562. The fourth-order valence-electron chi connectivity index (χ4n) is 2.15. The second-order valence-electron chi connectivity index (χ2n) is 6.53. The van der Waals surface area contributed by atoms with E-state index in [0.717, 1.165) is 12.8 Å². The summed E-state index contributed by atoms with van der Waals surface area (Å²) in [5.74, 6) is -0.334. The van der Waals surface area contributed by atoms with Gasteiger partial charge < -0.3 is 15.3 Å². The Balaban J connectivity index is 2.78. The Morgan fingerprint density at radius 2 is 2.04 bits per heavy atom. The van der Waals surface area contributed by atoms with Crippen molar-refractivity contribution in [2.45, 2.75) is 26.7 Å². The van der Waals surface area contributed by atoms with Gasteiger partial charge >= 0.3 is 0 Å². The molecule has 1 aromatic carbocycles. The molecule has 23 heavy (non-hydrogen) atoms. The standard InChI is InChI=1S/C16H25N3O4/c1-16(2,11-20)8-5-9-17-15(21)13-10-12(19(22)23)6-7-14(13)18(3)4/h6-7,10,20H,5,8-9,11H2,1-4H3,(H,17,21). The van der Waals surface area contributed by atoms with Gasteiger partial charge in [0, 0.05) is 45.1 Å². The highest BCUT2D eigenvalue weighted by atomic mass is 16.6. The predicted molar refractivity (Wildman–Crippen MR) is 89.9 cm³/mol. The Bertz CT molecular complexity index is 570. The van der Waals surface area contributed by atoms with Crippen LogP contribution in [0.1, 0.15) is 37.0 Å². The molecule has 0 aromatic heterocycles. The second kappa shape index (κ2) is 7.92. The summed E-state index contributed by atoms with van der Waals surface area (Å²) in [5.41, 5.74) is 0.627. The third-order valence-corrected chi connectivity index (χ3v) is 3.66. The second-order valence-corrected chi connectivity index (χ2v) is 6.53. The van der Waals surface area contributed by atoms with Gasteiger partial charge in [0.15, 0.2) is 0 Å². The zero-order valence-electron chi connectivity index (χ0n) is 14.1. The van der Waals surface area contributed by atoms with Crippen LogP contribution in [0.2, 0.25) is 0 Å². The molecule has 0 heterocycles. The molecule has 128 valence electrons. The summed E-state index contributed by atoms with van der Waals surface area (Å²) in [4.78, 5) is 24.5. The zero-order chi connectivity index (χ0) is 17.6. The van der Waals surface area contributed by atoms with Crippen molar-refractivity contribution in [3.05, 3.63) is 33.9 Å². The van der Waals surface area contributed by atoms with E-state index in [-0.39, 0.29) is 29.2 Å². The molecule has 0 unspecified atom stereocenters. The zero-order valence-corrected chi connectivity index (χ0v) is 14.1. The van der Waals surface area contributed by atoms with Crippen molar-refractivity contribution in [3.63, 3.8) is 0 Å². The van der Waals surface area contributed by atoms with Crippen LogP contribution in [0.4, 0.5) is 11.4 Å². The minimum absolute atomic E-state index is 0.0939. The van der Waals surface area contributed by atoms with Gasteiger partial charge in [0.1, 0.15) is 0 Å². The highest BCUT2D eigenvalue weighted by Crippen LogP contribution is 2.24. The first kappa shape index (κ1) is 18.9. The summed E-state index contributed by atoms with van der Waals surface area (Å²) < 4.78 is 0. The number of rotatable bonds is 8. The molecule has 0 atom stereocenters. The van der Waals surface area contributed by atoms with Gasteiger partial charge in [0.05, 0.1) is 10.5 Å². The van der Waals surface area contributed by atoms with Crippen LogP contribution in [-0.2, 0) is 0 Å². The number of nitro groups is 1. The number of nitro benzene ring substituents is 1. The minimum atomic E-state index is -0.514. The molecule has 0 aliphatic carbocycles. The predicted octanol–water partition coefficient (Wildman–Crippen LogP) is 2.19. The van der Waals surface area contributed by atoms with Gasteiger partial charge in [0.2, 0.25) is 0 Å². The third-order valence-electron chi connectivity index (χ3n) is 3.66. The number of carbonyl (C=O) groups is 1. The molecule has 7 heteroatoms. The van der Waals surface area contributed by atoms with Crippen LogP contribution in [0, 0.1) is 15.5 Å². The van der Waals surface area contributed by atoms with E-state index in [1.807, 2.05) is 13.8 Å². The van der Waals surface area contributed by atoms with Crippen LogP contribution < -0.4 is 10.2 Å². The topological polar surface area (TPSA) is 95.7 Å². The molecule has 1 aromatic rings. The van der Waals surface area contributed by atoms with Gasteiger partial charge in [-0.25, -0.2) is 0 Å². The summed E-state index contributed by atoms with van der Waals surface area (Å²) in [7, 11) is 3.56. The molecular weight excluding hydrogens is 298 g/mol. The van der Waals surface area contributed by atoms with Crippen LogP contribution in [0.3, 0.4) is 0 Å². The molecule has 1 rings (SSSR count). The van der Waals surface area contributed by atoms with Gasteiger partial charge in [-0.05, 0) is 24.3 Å². The molecule has 0 saturated heterocycles. The maximum Gasteiger partial charge on any atom is 0.270 e. The number of aliphatic hydroxyl groups is 1. The third kappa shape index (κ3) is 5.52. The van der Waals surface area contributed by atoms with Gasteiger partial charge in [0.25, 0.3) is 11.6 Å². The fourth-order valence-corrected chi connectivity index (χ4v) is 2.15.